The Morgan fingerprint density at radius 1 is 1.00 bits per heavy atom. The first kappa shape index (κ1) is 12.5. The van der Waals surface area contributed by atoms with Crippen LogP contribution in [0, 0.1) is 13.8 Å². The molecule has 3 rings (SSSR count). The highest BCUT2D eigenvalue weighted by atomic mass is 15.1. The second-order valence-electron chi connectivity index (χ2n) is 4.79. The van der Waals surface area contributed by atoms with Gasteiger partial charge in [0, 0.05) is 29.9 Å². The second-order valence-corrected chi connectivity index (χ2v) is 4.79. The second kappa shape index (κ2) is 4.89. The molecule has 0 spiro atoms. The summed E-state index contributed by atoms with van der Waals surface area (Å²) in [7, 11) is 1.80. The van der Waals surface area contributed by atoms with Crippen molar-refractivity contribution in [2.75, 3.05) is 12.4 Å². The van der Waals surface area contributed by atoms with Crippen molar-refractivity contribution in [1.29, 1.82) is 0 Å². The molecule has 4 heteroatoms. The monoisotopic (exact) mass is 264 g/mol. The van der Waals surface area contributed by atoms with Crippen LogP contribution in [0.5, 0.6) is 0 Å². The SMILES string of the molecule is CNc1ncc2cc(-c3ccccc3C)c(C)nc2n1. The molecule has 0 atom stereocenters. The van der Waals surface area contributed by atoms with Crippen LogP contribution >= 0.6 is 0 Å². The van der Waals surface area contributed by atoms with Crippen molar-refractivity contribution in [2.45, 2.75) is 13.8 Å². The zero-order valence-electron chi connectivity index (χ0n) is 11.8. The van der Waals surface area contributed by atoms with Crippen LogP contribution in [-0.4, -0.2) is 22.0 Å². The minimum atomic E-state index is 0.591. The van der Waals surface area contributed by atoms with E-state index in [1.807, 2.05) is 25.3 Å². The maximum Gasteiger partial charge on any atom is 0.224 e. The predicted molar refractivity (Wildman–Crippen MR) is 81.8 cm³/mol. The molecule has 3 aromatic rings. The van der Waals surface area contributed by atoms with Gasteiger partial charge in [0.05, 0.1) is 0 Å². The average molecular weight is 264 g/mol. The Hall–Kier alpha value is -2.49. The van der Waals surface area contributed by atoms with Gasteiger partial charge >= 0.3 is 0 Å². The molecule has 0 aliphatic rings. The third-order valence-electron chi connectivity index (χ3n) is 3.42. The fourth-order valence-corrected chi connectivity index (χ4v) is 2.32. The van der Waals surface area contributed by atoms with Gasteiger partial charge < -0.3 is 5.32 Å². The quantitative estimate of drug-likeness (QED) is 0.771. The Balaban J connectivity index is 2.23. The molecule has 100 valence electrons. The van der Waals surface area contributed by atoms with E-state index in [-0.39, 0.29) is 0 Å². The molecule has 0 radical (unpaired) electrons. The van der Waals surface area contributed by atoms with E-state index in [9.17, 15) is 0 Å². The van der Waals surface area contributed by atoms with E-state index in [0.29, 0.717) is 5.95 Å². The first-order valence-corrected chi connectivity index (χ1v) is 6.57. The summed E-state index contributed by atoms with van der Waals surface area (Å²) in [6.45, 7) is 4.13. The highest BCUT2D eigenvalue weighted by molar-refractivity contribution is 5.83. The van der Waals surface area contributed by atoms with E-state index in [4.69, 9.17) is 0 Å². The van der Waals surface area contributed by atoms with E-state index >= 15 is 0 Å². The zero-order valence-corrected chi connectivity index (χ0v) is 11.8. The molecular weight excluding hydrogens is 248 g/mol. The summed E-state index contributed by atoms with van der Waals surface area (Å²) >= 11 is 0. The van der Waals surface area contributed by atoms with Crippen molar-refractivity contribution in [3.8, 4) is 11.1 Å². The van der Waals surface area contributed by atoms with Gasteiger partial charge in [0.25, 0.3) is 0 Å². The summed E-state index contributed by atoms with van der Waals surface area (Å²) in [6.07, 6.45) is 1.81. The van der Waals surface area contributed by atoms with Gasteiger partial charge in [-0.3, -0.25) is 0 Å². The largest absolute Gasteiger partial charge is 0.357 e. The number of pyridine rings is 1. The van der Waals surface area contributed by atoms with Gasteiger partial charge in [-0.25, -0.2) is 9.97 Å². The summed E-state index contributed by atoms with van der Waals surface area (Å²) in [5, 5.41) is 3.88. The molecule has 1 aromatic carbocycles. The standard InChI is InChI=1S/C16H16N4/c1-10-6-4-5-7-13(10)14-8-12-9-18-16(17-3)20-15(12)19-11(14)2/h4-9H,1-3H3,(H,17,18,19,20). The zero-order chi connectivity index (χ0) is 14.1. The fourth-order valence-electron chi connectivity index (χ4n) is 2.32. The van der Waals surface area contributed by atoms with E-state index in [1.54, 1.807) is 7.05 Å². The van der Waals surface area contributed by atoms with Crippen molar-refractivity contribution in [1.82, 2.24) is 15.0 Å². The first-order chi connectivity index (χ1) is 9.69. The number of rotatable bonds is 2. The van der Waals surface area contributed by atoms with Crippen LogP contribution < -0.4 is 5.32 Å². The maximum atomic E-state index is 4.61. The summed E-state index contributed by atoms with van der Waals surface area (Å²) in [4.78, 5) is 13.2. The number of nitrogens with zero attached hydrogens (tertiary/aromatic N) is 3. The van der Waals surface area contributed by atoms with Crippen molar-refractivity contribution in [3.05, 3.63) is 47.8 Å². The summed E-state index contributed by atoms with van der Waals surface area (Å²) in [6, 6.07) is 10.4. The van der Waals surface area contributed by atoms with E-state index < -0.39 is 0 Å². The lowest BCUT2D eigenvalue weighted by Crippen LogP contribution is -1.99. The highest BCUT2D eigenvalue weighted by Gasteiger charge is 2.09. The van der Waals surface area contributed by atoms with Crippen molar-refractivity contribution < 1.29 is 0 Å². The number of benzene rings is 1. The Bertz CT molecular complexity index is 781. The minimum absolute atomic E-state index is 0.591. The van der Waals surface area contributed by atoms with Crippen LogP contribution in [0.3, 0.4) is 0 Å². The number of hydrogen-bond donors (Lipinski definition) is 1. The molecule has 0 aliphatic carbocycles. The summed E-state index contributed by atoms with van der Waals surface area (Å²) in [5.74, 6) is 0.591. The molecule has 0 fully saturated rings. The van der Waals surface area contributed by atoms with Crippen LogP contribution in [0.4, 0.5) is 5.95 Å². The number of nitrogens with one attached hydrogen (secondary N) is 1. The summed E-state index contributed by atoms with van der Waals surface area (Å²) < 4.78 is 0. The number of fused-ring (bicyclic) bond motifs is 1. The van der Waals surface area contributed by atoms with Crippen LogP contribution in [0.25, 0.3) is 22.2 Å². The van der Waals surface area contributed by atoms with Crippen LogP contribution in [0.1, 0.15) is 11.3 Å². The van der Waals surface area contributed by atoms with Gasteiger partial charge in [0.1, 0.15) is 0 Å². The van der Waals surface area contributed by atoms with Gasteiger partial charge in [-0.2, -0.15) is 4.98 Å². The lowest BCUT2D eigenvalue weighted by Gasteiger charge is -2.10. The fraction of sp³-hybridized carbons (Fsp3) is 0.188. The molecule has 0 saturated heterocycles. The molecule has 0 unspecified atom stereocenters. The maximum absolute atomic E-state index is 4.61. The van der Waals surface area contributed by atoms with Crippen LogP contribution in [-0.2, 0) is 0 Å². The number of anilines is 1. The molecule has 0 amide bonds. The molecular formula is C16H16N4. The smallest absolute Gasteiger partial charge is 0.224 e. The molecule has 0 bridgehead atoms. The lowest BCUT2D eigenvalue weighted by molar-refractivity contribution is 1.14. The van der Waals surface area contributed by atoms with Gasteiger partial charge in [-0.05, 0) is 31.0 Å². The third kappa shape index (κ3) is 2.09. The normalized spacial score (nSPS) is 10.8. The topological polar surface area (TPSA) is 50.7 Å². The van der Waals surface area contributed by atoms with Crippen molar-refractivity contribution in [3.63, 3.8) is 0 Å². The molecule has 0 saturated carbocycles. The number of hydrogen-bond acceptors (Lipinski definition) is 4. The molecule has 2 heterocycles. The van der Waals surface area contributed by atoms with Gasteiger partial charge in [0.15, 0.2) is 5.65 Å². The van der Waals surface area contributed by atoms with E-state index in [0.717, 1.165) is 22.3 Å². The third-order valence-corrected chi connectivity index (χ3v) is 3.42. The number of aryl methyl sites for hydroxylation is 2. The van der Waals surface area contributed by atoms with Crippen LogP contribution in [0.15, 0.2) is 36.5 Å². The van der Waals surface area contributed by atoms with Crippen LogP contribution in [0.2, 0.25) is 0 Å². The Labute approximate surface area is 117 Å². The van der Waals surface area contributed by atoms with Gasteiger partial charge in [0.2, 0.25) is 5.95 Å². The molecule has 4 nitrogen and oxygen atoms in total. The average Bonchev–Trinajstić information content (AvgIpc) is 2.47. The Morgan fingerprint density at radius 2 is 1.80 bits per heavy atom. The summed E-state index contributed by atoms with van der Waals surface area (Å²) in [5.41, 5.74) is 5.28. The highest BCUT2D eigenvalue weighted by Crippen LogP contribution is 2.28. The van der Waals surface area contributed by atoms with Crippen molar-refractivity contribution in [2.24, 2.45) is 0 Å². The van der Waals surface area contributed by atoms with E-state index in [2.05, 4.69) is 45.4 Å². The Kier molecular flexibility index (Phi) is 3.06. The molecule has 20 heavy (non-hydrogen) atoms. The van der Waals surface area contributed by atoms with E-state index in [1.165, 1.54) is 11.1 Å². The minimum Gasteiger partial charge on any atom is -0.357 e. The molecule has 1 N–H and O–H groups in total. The lowest BCUT2D eigenvalue weighted by atomic mass is 9.99. The predicted octanol–water partition coefficient (Wildman–Crippen LogP) is 3.35. The molecule has 2 aromatic heterocycles. The molecule has 0 aliphatic heterocycles. The van der Waals surface area contributed by atoms with Gasteiger partial charge in [-0.1, -0.05) is 24.3 Å². The van der Waals surface area contributed by atoms with Crippen molar-refractivity contribution >= 4 is 17.0 Å². The Morgan fingerprint density at radius 3 is 2.55 bits per heavy atom. The number of aromatic nitrogens is 3. The first-order valence-electron chi connectivity index (χ1n) is 6.57. The van der Waals surface area contributed by atoms with Gasteiger partial charge in [-0.15, -0.1) is 0 Å².